The summed E-state index contributed by atoms with van der Waals surface area (Å²) in [6.45, 7) is 3.77. The molecule has 20 heavy (non-hydrogen) atoms. The van der Waals surface area contributed by atoms with E-state index in [0.717, 1.165) is 4.90 Å². The Bertz CT molecular complexity index is 643. The molecule has 104 valence electrons. The second kappa shape index (κ2) is 3.91. The molecule has 1 aliphatic carbocycles. The minimum absolute atomic E-state index is 0.0472. The summed E-state index contributed by atoms with van der Waals surface area (Å²) in [5, 5.41) is 9.20. The number of amides is 2. The van der Waals surface area contributed by atoms with Crippen LogP contribution in [0.3, 0.4) is 0 Å². The van der Waals surface area contributed by atoms with E-state index in [1.807, 2.05) is 13.8 Å². The van der Waals surface area contributed by atoms with Crippen molar-refractivity contribution >= 4 is 39.4 Å². The molecule has 2 fully saturated rings. The van der Waals surface area contributed by atoms with Crippen molar-refractivity contribution in [3.05, 3.63) is 28.2 Å². The van der Waals surface area contributed by atoms with Crippen LogP contribution in [0.1, 0.15) is 24.2 Å². The summed E-state index contributed by atoms with van der Waals surface area (Å²) in [5.74, 6) is -2.41. The third kappa shape index (κ3) is 1.57. The standard InChI is InChI=1S/C14H12BrNO4/c1-14(2)9-10(14)12(18)16(11(9)17)8-5-6(15)3-4-7(8)13(19)20/h3-5,9-10H,1-2H3,(H,19,20). The molecule has 1 aromatic rings. The first kappa shape index (κ1) is 13.3. The summed E-state index contributed by atoms with van der Waals surface area (Å²) < 4.78 is 0.623. The Morgan fingerprint density at radius 2 is 1.80 bits per heavy atom. The number of nitrogens with zero attached hydrogens (tertiary/aromatic N) is 1. The molecule has 2 unspecified atom stereocenters. The lowest BCUT2D eigenvalue weighted by Gasteiger charge is -2.22. The van der Waals surface area contributed by atoms with Crippen molar-refractivity contribution in [3.63, 3.8) is 0 Å². The number of rotatable bonds is 2. The summed E-state index contributed by atoms with van der Waals surface area (Å²) in [6.07, 6.45) is 0. The van der Waals surface area contributed by atoms with Crippen LogP contribution in [0.5, 0.6) is 0 Å². The first-order chi connectivity index (χ1) is 9.26. The summed E-state index contributed by atoms with van der Waals surface area (Å²) in [4.78, 5) is 37.0. The maximum atomic E-state index is 12.4. The van der Waals surface area contributed by atoms with Gasteiger partial charge in [0.1, 0.15) is 0 Å². The Kier molecular flexibility index (Phi) is 2.60. The van der Waals surface area contributed by atoms with E-state index >= 15 is 0 Å². The number of fused-ring (bicyclic) bond motifs is 1. The second-order valence-corrected chi connectivity index (χ2v) is 6.67. The maximum Gasteiger partial charge on any atom is 0.337 e. The van der Waals surface area contributed by atoms with Gasteiger partial charge in [0.2, 0.25) is 11.8 Å². The number of halogens is 1. The quantitative estimate of drug-likeness (QED) is 0.840. The molecule has 2 aliphatic rings. The Morgan fingerprint density at radius 3 is 2.30 bits per heavy atom. The van der Waals surface area contributed by atoms with Gasteiger partial charge in [-0.2, -0.15) is 0 Å². The number of carboxylic acids is 1. The van der Waals surface area contributed by atoms with Crippen LogP contribution < -0.4 is 4.90 Å². The van der Waals surface area contributed by atoms with Crippen molar-refractivity contribution in [2.45, 2.75) is 13.8 Å². The van der Waals surface area contributed by atoms with Crippen LogP contribution in [0.4, 0.5) is 5.69 Å². The number of hydrogen-bond acceptors (Lipinski definition) is 3. The normalized spacial score (nSPS) is 26.6. The molecule has 0 aromatic heterocycles. The number of aromatic carboxylic acids is 1. The van der Waals surface area contributed by atoms with Crippen molar-refractivity contribution in [2.75, 3.05) is 4.90 Å². The lowest BCUT2D eigenvalue weighted by atomic mass is 10.0. The van der Waals surface area contributed by atoms with E-state index in [0.29, 0.717) is 4.47 Å². The Morgan fingerprint density at radius 1 is 1.25 bits per heavy atom. The average molecular weight is 338 g/mol. The van der Waals surface area contributed by atoms with E-state index in [9.17, 15) is 19.5 Å². The van der Waals surface area contributed by atoms with Gasteiger partial charge >= 0.3 is 5.97 Å². The zero-order valence-electron chi connectivity index (χ0n) is 10.9. The van der Waals surface area contributed by atoms with E-state index in [2.05, 4.69) is 15.9 Å². The van der Waals surface area contributed by atoms with E-state index in [4.69, 9.17) is 0 Å². The summed E-state index contributed by atoms with van der Waals surface area (Å²) in [7, 11) is 0. The zero-order valence-corrected chi connectivity index (χ0v) is 12.5. The SMILES string of the molecule is CC1(C)C2C(=O)N(c3cc(Br)ccc3C(=O)O)C(=O)C21. The second-order valence-electron chi connectivity index (χ2n) is 5.76. The van der Waals surface area contributed by atoms with Gasteiger partial charge in [0.25, 0.3) is 0 Å². The Hall–Kier alpha value is -1.69. The van der Waals surface area contributed by atoms with Crippen molar-refractivity contribution in [3.8, 4) is 0 Å². The minimum atomic E-state index is -1.16. The van der Waals surface area contributed by atoms with Gasteiger partial charge in [-0.3, -0.25) is 9.59 Å². The average Bonchev–Trinajstić information content (AvgIpc) is 2.79. The predicted octanol–water partition coefficient (Wildman–Crippen LogP) is 2.29. The zero-order chi connectivity index (χ0) is 14.8. The highest BCUT2D eigenvalue weighted by molar-refractivity contribution is 9.10. The molecule has 2 atom stereocenters. The van der Waals surface area contributed by atoms with Crippen molar-refractivity contribution < 1.29 is 19.5 Å². The highest BCUT2D eigenvalue weighted by atomic mass is 79.9. The molecule has 1 saturated carbocycles. The van der Waals surface area contributed by atoms with Gasteiger partial charge in [-0.05, 0) is 23.6 Å². The van der Waals surface area contributed by atoms with E-state index in [1.54, 1.807) is 6.07 Å². The number of carboxylic acid groups (broad SMARTS) is 1. The molecule has 3 rings (SSSR count). The highest BCUT2D eigenvalue weighted by Crippen LogP contribution is 2.63. The molecule has 0 spiro atoms. The van der Waals surface area contributed by atoms with Gasteiger partial charge < -0.3 is 5.11 Å². The summed E-state index contributed by atoms with van der Waals surface area (Å²) in [6, 6.07) is 4.46. The predicted molar refractivity (Wildman–Crippen MR) is 74.4 cm³/mol. The molecule has 1 heterocycles. The first-order valence-corrected chi connectivity index (χ1v) is 6.96. The van der Waals surface area contributed by atoms with Crippen LogP contribution in [-0.2, 0) is 9.59 Å². The van der Waals surface area contributed by atoms with Gasteiger partial charge in [0.15, 0.2) is 0 Å². The maximum absolute atomic E-state index is 12.4. The van der Waals surface area contributed by atoms with Crippen LogP contribution in [0.2, 0.25) is 0 Å². The van der Waals surface area contributed by atoms with E-state index in [1.165, 1.54) is 12.1 Å². The van der Waals surface area contributed by atoms with Gasteiger partial charge in [-0.15, -0.1) is 0 Å². The molecule has 6 heteroatoms. The topological polar surface area (TPSA) is 74.7 Å². The van der Waals surface area contributed by atoms with Crippen LogP contribution in [0, 0.1) is 17.3 Å². The number of piperidine rings is 1. The van der Waals surface area contributed by atoms with Crippen LogP contribution >= 0.6 is 15.9 Å². The number of carbonyl (C=O) groups is 3. The van der Waals surface area contributed by atoms with Crippen LogP contribution in [0.15, 0.2) is 22.7 Å². The lowest BCUT2D eigenvalue weighted by molar-refractivity contribution is -0.125. The van der Waals surface area contributed by atoms with Crippen molar-refractivity contribution in [2.24, 2.45) is 17.3 Å². The van der Waals surface area contributed by atoms with Crippen molar-refractivity contribution in [1.29, 1.82) is 0 Å². The molecule has 1 N–H and O–H groups in total. The van der Waals surface area contributed by atoms with Crippen molar-refractivity contribution in [1.82, 2.24) is 0 Å². The molecule has 1 saturated heterocycles. The molecule has 1 aliphatic heterocycles. The van der Waals surface area contributed by atoms with Crippen LogP contribution in [-0.4, -0.2) is 22.9 Å². The summed E-state index contributed by atoms with van der Waals surface area (Å²) >= 11 is 3.24. The summed E-state index contributed by atoms with van der Waals surface area (Å²) in [5.41, 5.74) is -0.209. The molecule has 2 amide bonds. The fraction of sp³-hybridized carbons (Fsp3) is 0.357. The monoisotopic (exact) mass is 337 g/mol. The molecular weight excluding hydrogens is 326 g/mol. The molecule has 0 radical (unpaired) electrons. The van der Waals surface area contributed by atoms with Gasteiger partial charge in [-0.1, -0.05) is 29.8 Å². The highest BCUT2D eigenvalue weighted by Gasteiger charge is 2.72. The van der Waals surface area contributed by atoms with Gasteiger partial charge in [0.05, 0.1) is 23.1 Å². The number of imide groups is 1. The van der Waals surface area contributed by atoms with Crippen LogP contribution in [0.25, 0.3) is 0 Å². The molecule has 1 aromatic carbocycles. The van der Waals surface area contributed by atoms with E-state index < -0.39 is 5.97 Å². The fourth-order valence-corrected chi connectivity index (χ4v) is 3.40. The van der Waals surface area contributed by atoms with Gasteiger partial charge in [0, 0.05) is 4.47 Å². The van der Waals surface area contributed by atoms with Gasteiger partial charge in [-0.25, -0.2) is 9.69 Å². The number of benzene rings is 1. The fourth-order valence-electron chi connectivity index (χ4n) is 3.05. The molecule has 0 bridgehead atoms. The molecule has 5 nitrogen and oxygen atoms in total. The third-order valence-electron chi connectivity index (χ3n) is 4.23. The largest absolute Gasteiger partial charge is 0.478 e. The Labute approximate surface area is 123 Å². The smallest absolute Gasteiger partial charge is 0.337 e. The number of hydrogen-bond donors (Lipinski definition) is 1. The number of carbonyl (C=O) groups excluding carboxylic acids is 2. The number of anilines is 1. The molecular formula is C14H12BrNO4. The minimum Gasteiger partial charge on any atom is -0.478 e. The lowest BCUT2D eigenvalue weighted by Crippen LogP contribution is -2.37. The van der Waals surface area contributed by atoms with E-state index in [-0.39, 0.29) is 40.3 Å². The Balaban J connectivity index is 2.08. The first-order valence-electron chi connectivity index (χ1n) is 6.17. The third-order valence-corrected chi connectivity index (χ3v) is 4.72.